The molecule has 0 bridgehead atoms. The third kappa shape index (κ3) is 2.85. The number of hydrogen-bond acceptors (Lipinski definition) is 4. The number of rotatable bonds is 3. The molecule has 1 amide bonds. The minimum Gasteiger partial charge on any atom is -0.342 e. The summed E-state index contributed by atoms with van der Waals surface area (Å²) in [6.45, 7) is 3.83. The van der Waals surface area contributed by atoms with Crippen molar-refractivity contribution in [2.75, 3.05) is 31.1 Å². The summed E-state index contributed by atoms with van der Waals surface area (Å²) < 4.78 is 0. The van der Waals surface area contributed by atoms with E-state index in [4.69, 9.17) is 0 Å². The van der Waals surface area contributed by atoms with E-state index in [9.17, 15) is 4.79 Å². The quantitative estimate of drug-likeness (QED) is 0.822. The Labute approximate surface area is 113 Å². The van der Waals surface area contributed by atoms with Crippen molar-refractivity contribution >= 4 is 11.9 Å². The Bertz CT molecular complexity index is 436. The van der Waals surface area contributed by atoms with Crippen LogP contribution in [0.5, 0.6) is 0 Å². The summed E-state index contributed by atoms with van der Waals surface area (Å²) in [6, 6.07) is 1.84. The van der Waals surface area contributed by atoms with Gasteiger partial charge in [-0.1, -0.05) is 0 Å². The molecule has 0 unspecified atom stereocenters. The first-order valence-electron chi connectivity index (χ1n) is 7.12. The Kier molecular flexibility index (Phi) is 3.62. The molecule has 0 N–H and O–H groups in total. The van der Waals surface area contributed by atoms with Crippen LogP contribution in [0.1, 0.15) is 25.7 Å². The zero-order valence-corrected chi connectivity index (χ0v) is 11.2. The van der Waals surface area contributed by atoms with E-state index in [0.717, 1.165) is 51.4 Å². The summed E-state index contributed by atoms with van der Waals surface area (Å²) in [5.74, 6) is 1.70. The van der Waals surface area contributed by atoms with Crippen LogP contribution in [0.4, 0.5) is 5.95 Å². The van der Waals surface area contributed by atoms with E-state index < -0.39 is 0 Å². The van der Waals surface area contributed by atoms with Gasteiger partial charge in [-0.2, -0.15) is 0 Å². The van der Waals surface area contributed by atoms with Crippen LogP contribution in [0.2, 0.25) is 0 Å². The number of likely N-dealkylation sites (tertiary alicyclic amines) is 1. The Hall–Kier alpha value is -1.65. The van der Waals surface area contributed by atoms with Gasteiger partial charge in [0.15, 0.2) is 0 Å². The molecule has 5 heteroatoms. The highest BCUT2D eigenvalue weighted by molar-refractivity contribution is 5.78. The van der Waals surface area contributed by atoms with Crippen molar-refractivity contribution < 1.29 is 4.79 Å². The molecule has 2 aliphatic heterocycles. The van der Waals surface area contributed by atoms with E-state index in [-0.39, 0.29) is 0 Å². The number of nitrogens with zero attached hydrogens (tertiary/aromatic N) is 4. The van der Waals surface area contributed by atoms with Gasteiger partial charge in [-0.15, -0.1) is 0 Å². The van der Waals surface area contributed by atoms with Gasteiger partial charge in [-0.25, -0.2) is 9.97 Å². The maximum atomic E-state index is 11.7. The molecule has 2 fully saturated rings. The number of carbonyl (C=O) groups excluding carboxylic acids is 1. The van der Waals surface area contributed by atoms with Crippen LogP contribution in [0.15, 0.2) is 18.5 Å². The largest absolute Gasteiger partial charge is 0.342 e. The van der Waals surface area contributed by atoms with Gasteiger partial charge in [0.25, 0.3) is 0 Å². The summed E-state index contributed by atoms with van der Waals surface area (Å²) >= 11 is 0. The summed E-state index contributed by atoms with van der Waals surface area (Å²) in [4.78, 5) is 24.6. The van der Waals surface area contributed by atoms with Gasteiger partial charge >= 0.3 is 0 Å². The normalized spacial score (nSPS) is 24.0. The Morgan fingerprint density at radius 3 is 2.79 bits per heavy atom. The van der Waals surface area contributed by atoms with Crippen LogP contribution >= 0.6 is 0 Å². The molecule has 5 nitrogen and oxygen atoms in total. The summed E-state index contributed by atoms with van der Waals surface area (Å²) in [6.07, 6.45) is 7.69. The smallest absolute Gasteiger partial charge is 0.225 e. The van der Waals surface area contributed by atoms with E-state index >= 15 is 0 Å². The fraction of sp³-hybridized carbons (Fsp3) is 0.643. The molecule has 1 aromatic heterocycles. The first-order valence-corrected chi connectivity index (χ1v) is 7.12. The molecule has 3 rings (SSSR count). The predicted molar refractivity (Wildman–Crippen MR) is 72.8 cm³/mol. The molecule has 0 aromatic carbocycles. The Balaban J connectivity index is 1.60. The maximum Gasteiger partial charge on any atom is 0.225 e. The lowest BCUT2D eigenvalue weighted by atomic mass is 9.98. The van der Waals surface area contributed by atoms with E-state index in [1.54, 1.807) is 12.4 Å². The summed E-state index contributed by atoms with van der Waals surface area (Å²) in [5, 5.41) is 0. The molecule has 0 aliphatic carbocycles. The number of anilines is 1. The van der Waals surface area contributed by atoms with Crippen molar-refractivity contribution in [3.8, 4) is 0 Å². The first-order chi connectivity index (χ1) is 9.33. The second-order valence-electron chi connectivity index (χ2n) is 5.45. The number of amides is 1. The van der Waals surface area contributed by atoms with Crippen LogP contribution in [0, 0.1) is 5.92 Å². The molecule has 0 spiro atoms. The molecule has 2 aliphatic rings. The molecule has 19 heavy (non-hydrogen) atoms. The standard InChI is InChI=1S/C14H20N4O/c19-13-5-2-8-17(13)10-12-4-1-9-18(11-12)14-15-6-3-7-16-14/h3,6-7,12H,1-2,4-5,8-11H2/t12-/m1/s1. The molecule has 102 valence electrons. The van der Waals surface area contributed by atoms with Crippen LogP contribution in [-0.2, 0) is 4.79 Å². The molecular weight excluding hydrogens is 240 g/mol. The van der Waals surface area contributed by atoms with E-state index in [0.29, 0.717) is 11.8 Å². The fourth-order valence-electron chi connectivity index (χ4n) is 3.06. The van der Waals surface area contributed by atoms with Gasteiger partial charge in [0.1, 0.15) is 0 Å². The van der Waals surface area contributed by atoms with Gasteiger partial charge < -0.3 is 9.80 Å². The summed E-state index contributed by atoms with van der Waals surface area (Å²) in [7, 11) is 0. The second kappa shape index (κ2) is 5.55. The van der Waals surface area contributed by atoms with Crippen molar-refractivity contribution in [1.29, 1.82) is 0 Å². The molecule has 0 radical (unpaired) electrons. The Morgan fingerprint density at radius 1 is 1.21 bits per heavy atom. The average Bonchev–Trinajstić information content (AvgIpc) is 2.86. The minimum absolute atomic E-state index is 0.327. The van der Waals surface area contributed by atoms with E-state index in [2.05, 4.69) is 14.9 Å². The topological polar surface area (TPSA) is 49.3 Å². The zero-order chi connectivity index (χ0) is 13.1. The zero-order valence-electron chi connectivity index (χ0n) is 11.2. The maximum absolute atomic E-state index is 11.7. The predicted octanol–water partition coefficient (Wildman–Crippen LogP) is 1.32. The van der Waals surface area contributed by atoms with Crippen molar-refractivity contribution in [3.63, 3.8) is 0 Å². The minimum atomic E-state index is 0.327. The van der Waals surface area contributed by atoms with E-state index in [1.807, 2.05) is 11.0 Å². The SMILES string of the molecule is O=C1CCCN1C[C@H]1CCCN(c2ncccn2)C1. The number of hydrogen-bond donors (Lipinski definition) is 0. The van der Waals surface area contributed by atoms with Crippen LogP contribution in [-0.4, -0.2) is 47.0 Å². The van der Waals surface area contributed by atoms with Crippen molar-refractivity contribution in [2.45, 2.75) is 25.7 Å². The highest BCUT2D eigenvalue weighted by atomic mass is 16.2. The van der Waals surface area contributed by atoms with Crippen molar-refractivity contribution in [2.24, 2.45) is 5.92 Å². The molecular formula is C14H20N4O. The summed E-state index contributed by atoms with van der Waals surface area (Å²) in [5.41, 5.74) is 0. The first kappa shape index (κ1) is 12.4. The highest BCUT2D eigenvalue weighted by Crippen LogP contribution is 2.22. The Morgan fingerprint density at radius 2 is 2.05 bits per heavy atom. The van der Waals surface area contributed by atoms with Gasteiger partial charge in [0, 0.05) is 45.0 Å². The third-order valence-corrected chi connectivity index (χ3v) is 4.00. The number of piperidine rings is 1. The number of aromatic nitrogens is 2. The third-order valence-electron chi connectivity index (χ3n) is 4.00. The number of carbonyl (C=O) groups is 1. The molecule has 3 heterocycles. The van der Waals surface area contributed by atoms with Crippen molar-refractivity contribution in [1.82, 2.24) is 14.9 Å². The molecule has 2 saturated heterocycles. The molecule has 1 atom stereocenters. The van der Waals surface area contributed by atoms with Crippen LogP contribution in [0.3, 0.4) is 0 Å². The monoisotopic (exact) mass is 260 g/mol. The molecule has 0 saturated carbocycles. The highest BCUT2D eigenvalue weighted by Gasteiger charge is 2.27. The lowest BCUT2D eigenvalue weighted by molar-refractivity contribution is -0.128. The van der Waals surface area contributed by atoms with Crippen molar-refractivity contribution in [3.05, 3.63) is 18.5 Å². The van der Waals surface area contributed by atoms with Crippen LogP contribution < -0.4 is 4.90 Å². The second-order valence-corrected chi connectivity index (χ2v) is 5.45. The lowest BCUT2D eigenvalue weighted by Gasteiger charge is -2.34. The van der Waals surface area contributed by atoms with Gasteiger partial charge in [0.05, 0.1) is 0 Å². The van der Waals surface area contributed by atoms with Gasteiger partial charge in [0.2, 0.25) is 11.9 Å². The molecule has 1 aromatic rings. The average molecular weight is 260 g/mol. The lowest BCUT2D eigenvalue weighted by Crippen LogP contribution is -2.42. The van der Waals surface area contributed by atoms with Gasteiger partial charge in [-0.05, 0) is 31.2 Å². The van der Waals surface area contributed by atoms with E-state index in [1.165, 1.54) is 6.42 Å². The van der Waals surface area contributed by atoms with Gasteiger partial charge in [-0.3, -0.25) is 4.79 Å². The fourth-order valence-corrected chi connectivity index (χ4v) is 3.06. The van der Waals surface area contributed by atoms with Crippen LogP contribution in [0.25, 0.3) is 0 Å².